The number of thiophene rings is 1. The predicted molar refractivity (Wildman–Crippen MR) is 116 cm³/mol. The van der Waals surface area contributed by atoms with Gasteiger partial charge in [-0.15, -0.1) is 11.3 Å². The molecule has 2 aromatic heterocycles. The lowest BCUT2D eigenvalue weighted by Gasteiger charge is -2.17. The molecule has 7 heteroatoms. The minimum Gasteiger partial charge on any atom is -0.493 e. The van der Waals surface area contributed by atoms with E-state index in [1.807, 2.05) is 18.2 Å². The van der Waals surface area contributed by atoms with Crippen molar-refractivity contribution < 1.29 is 9.47 Å². The third kappa shape index (κ3) is 3.37. The first-order chi connectivity index (χ1) is 13.5. The zero-order chi connectivity index (χ0) is 19.8. The number of methoxy groups -OCH3 is 2. The van der Waals surface area contributed by atoms with Gasteiger partial charge in [0.15, 0.2) is 16.3 Å². The number of aromatic amines is 1. The van der Waals surface area contributed by atoms with Crippen LogP contribution in [0.2, 0.25) is 0 Å². The van der Waals surface area contributed by atoms with Crippen molar-refractivity contribution in [2.24, 2.45) is 5.92 Å². The Balaban J connectivity index is 1.68. The molecule has 0 saturated heterocycles. The molecule has 5 nitrogen and oxygen atoms in total. The number of ether oxygens (including phenoxy) is 2. The summed E-state index contributed by atoms with van der Waals surface area (Å²) in [5.74, 6) is 2.06. The van der Waals surface area contributed by atoms with Crippen molar-refractivity contribution in [3.8, 4) is 11.5 Å². The van der Waals surface area contributed by atoms with Gasteiger partial charge in [0.1, 0.15) is 4.83 Å². The van der Waals surface area contributed by atoms with E-state index in [2.05, 4.69) is 11.9 Å². The number of aromatic nitrogens is 2. The van der Waals surface area contributed by atoms with Gasteiger partial charge in [-0.2, -0.15) is 0 Å². The monoisotopic (exact) mass is 416 g/mol. The second-order valence-electron chi connectivity index (χ2n) is 7.38. The number of H-pyrrole nitrogens is 1. The van der Waals surface area contributed by atoms with E-state index in [1.165, 1.54) is 10.4 Å². The van der Waals surface area contributed by atoms with E-state index < -0.39 is 0 Å². The number of benzene rings is 1. The van der Waals surface area contributed by atoms with E-state index >= 15 is 0 Å². The summed E-state index contributed by atoms with van der Waals surface area (Å²) >= 11 is 7.20. The maximum Gasteiger partial charge on any atom is 0.263 e. The molecule has 1 atom stereocenters. The van der Waals surface area contributed by atoms with Crippen molar-refractivity contribution in [1.29, 1.82) is 0 Å². The highest BCUT2D eigenvalue weighted by molar-refractivity contribution is 7.71. The fourth-order valence-electron chi connectivity index (χ4n) is 3.94. The third-order valence-corrected chi connectivity index (χ3v) is 7.00. The van der Waals surface area contributed by atoms with Gasteiger partial charge in [0.05, 0.1) is 19.6 Å². The predicted octanol–water partition coefficient (Wildman–Crippen LogP) is 4.51. The number of hydrogen-bond donors (Lipinski definition) is 1. The van der Waals surface area contributed by atoms with Crippen molar-refractivity contribution in [3.63, 3.8) is 0 Å². The van der Waals surface area contributed by atoms with Crippen LogP contribution >= 0.6 is 23.6 Å². The maximum atomic E-state index is 13.2. The second-order valence-corrected chi connectivity index (χ2v) is 8.87. The quantitative estimate of drug-likeness (QED) is 0.622. The highest BCUT2D eigenvalue weighted by atomic mass is 32.1. The molecule has 0 aliphatic heterocycles. The number of hydrogen-bond acceptors (Lipinski definition) is 5. The van der Waals surface area contributed by atoms with E-state index in [4.69, 9.17) is 21.7 Å². The molecule has 2 heterocycles. The molecule has 4 rings (SSSR count). The molecular formula is C21H24N2O3S2. The summed E-state index contributed by atoms with van der Waals surface area (Å²) in [5.41, 5.74) is 2.33. The first-order valence-electron chi connectivity index (χ1n) is 9.50. The largest absolute Gasteiger partial charge is 0.493 e. The minimum atomic E-state index is 0.0336. The van der Waals surface area contributed by atoms with Gasteiger partial charge in [-0.3, -0.25) is 9.36 Å². The van der Waals surface area contributed by atoms with E-state index in [0.29, 0.717) is 35.2 Å². The number of rotatable bonds is 5. The van der Waals surface area contributed by atoms with Gasteiger partial charge in [0.2, 0.25) is 0 Å². The molecule has 0 bridgehead atoms. The lowest BCUT2D eigenvalue weighted by Crippen LogP contribution is -2.24. The molecule has 0 radical (unpaired) electrons. The average Bonchev–Trinajstić information content (AvgIpc) is 3.04. The van der Waals surface area contributed by atoms with Crippen molar-refractivity contribution in [2.75, 3.05) is 14.2 Å². The van der Waals surface area contributed by atoms with Gasteiger partial charge in [0, 0.05) is 11.4 Å². The number of nitrogens with one attached hydrogen (secondary N) is 1. The molecule has 1 aromatic carbocycles. The molecule has 3 aromatic rings. The topological polar surface area (TPSA) is 56.2 Å². The lowest BCUT2D eigenvalue weighted by atomic mass is 9.89. The third-order valence-electron chi connectivity index (χ3n) is 5.51. The van der Waals surface area contributed by atoms with E-state index in [0.717, 1.165) is 35.0 Å². The Labute approximate surface area is 172 Å². The maximum absolute atomic E-state index is 13.2. The summed E-state index contributed by atoms with van der Waals surface area (Å²) in [6, 6.07) is 5.83. The van der Waals surface area contributed by atoms with E-state index in [9.17, 15) is 4.79 Å². The van der Waals surface area contributed by atoms with Gasteiger partial charge < -0.3 is 14.5 Å². The molecule has 1 N–H and O–H groups in total. The van der Waals surface area contributed by atoms with Gasteiger partial charge >= 0.3 is 0 Å². The smallest absolute Gasteiger partial charge is 0.263 e. The van der Waals surface area contributed by atoms with Crippen molar-refractivity contribution in [2.45, 2.75) is 39.2 Å². The molecule has 0 saturated carbocycles. The first-order valence-corrected chi connectivity index (χ1v) is 10.7. The molecule has 1 aliphatic carbocycles. The average molecular weight is 417 g/mol. The number of nitrogens with zero attached hydrogens (tertiary/aromatic N) is 1. The van der Waals surface area contributed by atoms with Gasteiger partial charge in [-0.05, 0) is 67.1 Å². The Bertz CT molecular complexity index is 1140. The SMILES string of the molecule is COc1ccc(CCn2c(=S)[nH]c3sc4c(c3c2=O)CC[C@H](C)C4)cc1OC. The molecule has 0 fully saturated rings. The first kappa shape index (κ1) is 19.2. The van der Waals surface area contributed by atoms with Gasteiger partial charge in [-0.25, -0.2) is 0 Å². The zero-order valence-electron chi connectivity index (χ0n) is 16.3. The normalized spacial score (nSPS) is 16.2. The summed E-state index contributed by atoms with van der Waals surface area (Å²) in [6.45, 7) is 2.80. The zero-order valence-corrected chi connectivity index (χ0v) is 18.0. The molecule has 0 amide bonds. The Morgan fingerprint density at radius 2 is 2.07 bits per heavy atom. The van der Waals surface area contributed by atoms with Gasteiger partial charge in [0.25, 0.3) is 5.56 Å². The number of aryl methyl sites for hydroxylation is 2. The number of fused-ring (bicyclic) bond motifs is 3. The fraction of sp³-hybridized carbons (Fsp3) is 0.429. The minimum absolute atomic E-state index is 0.0336. The van der Waals surface area contributed by atoms with Crippen molar-refractivity contribution >= 4 is 33.8 Å². The van der Waals surface area contributed by atoms with Crippen LogP contribution in [0.1, 0.15) is 29.3 Å². The van der Waals surface area contributed by atoms with Crippen LogP contribution in [0.3, 0.4) is 0 Å². The summed E-state index contributed by atoms with van der Waals surface area (Å²) < 4.78 is 12.9. The summed E-state index contributed by atoms with van der Waals surface area (Å²) in [7, 11) is 3.24. The van der Waals surface area contributed by atoms with Crippen molar-refractivity contribution in [1.82, 2.24) is 9.55 Å². The van der Waals surface area contributed by atoms with E-state index in [-0.39, 0.29) is 5.56 Å². The molecule has 148 valence electrons. The molecule has 1 aliphatic rings. The Morgan fingerprint density at radius 1 is 1.29 bits per heavy atom. The summed E-state index contributed by atoms with van der Waals surface area (Å²) in [4.78, 5) is 18.8. The Hall–Kier alpha value is -2.12. The molecule has 28 heavy (non-hydrogen) atoms. The van der Waals surface area contributed by atoms with Crippen LogP contribution < -0.4 is 15.0 Å². The fourth-order valence-corrected chi connectivity index (χ4v) is 5.68. The van der Waals surface area contributed by atoms with Crippen LogP contribution in [0, 0.1) is 10.7 Å². The molecule has 0 unspecified atom stereocenters. The van der Waals surface area contributed by atoms with Crippen LogP contribution in [0.4, 0.5) is 0 Å². The highest BCUT2D eigenvalue weighted by Gasteiger charge is 2.23. The standard InChI is InChI=1S/C21H24N2O3S2/c1-12-4-6-14-17(10-12)28-19-18(14)20(24)23(21(27)22-19)9-8-13-5-7-15(25-2)16(11-13)26-3/h5,7,11-12H,4,6,8-10H2,1-3H3,(H,22,27)/t12-/m0/s1. The van der Waals surface area contributed by atoms with Crippen molar-refractivity contribution in [3.05, 3.63) is 49.3 Å². The van der Waals surface area contributed by atoms with Gasteiger partial charge in [-0.1, -0.05) is 13.0 Å². The molecular weight excluding hydrogens is 392 g/mol. The summed E-state index contributed by atoms with van der Waals surface area (Å²) in [6.07, 6.45) is 3.86. The highest BCUT2D eigenvalue weighted by Crippen LogP contribution is 2.35. The van der Waals surface area contributed by atoms with Crippen LogP contribution in [0.5, 0.6) is 11.5 Å². The van der Waals surface area contributed by atoms with E-state index in [1.54, 1.807) is 30.1 Å². The van der Waals surface area contributed by atoms with Crippen LogP contribution in [0.25, 0.3) is 10.2 Å². The Kier molecular flexibility index (Phi) is 5.29. The Morgan fingerprint density at radius 3 is 2.82 bits per heavy atom. The van der Waals surface area contributed by atoms with Crippen LogP contribution in [-0.2, 0) is 25.8 Å². The summed E-state index contributed by atoms with van der Waals surface area (Å²) in [5, 5.41) is 0.841. The van der Waals surface area contributed by atoms with Crippen LogP contribution in [0.15, 0.2) is 23.0 Å². The molecule has 0 spiro atoms. The second kappa shape index (κ2) is 7.72. The van der Waals surface area contributed by atoms with Crippen LogP contribution in [-0.4, -0.2) is 23.8 Å². The lowest BCUT2D eigenvalue weighted by molar-refractivity contribution is 0.354.